The Bertz CT molecular complexity index is 1090. The molecule has 2 aromatic carbocycles. The lowest BCUT2D eigenvalue weighted by molar-refractivity contribution is -0.135. The van der Waals surface area contributed by atoms with E-state index in [1.165, 1.54) is 11.1 Å². The Hall–Kier alpha value is -3.35. The number of likely N-dealkylation sites (tertiary alicyclic amines) is 1. The fraction of sp³-hybridized carbons (Fsp3) is 0.444. The third kappa shape index (κ3) is 5.76. The molecule has 4 rings (SSSR count). The highest BCUT2D eigenvalue weighted by Crippen LogP contribution is 2.29. The first-order chi connectivity index (χ1) is 16.6. The molecule has 1 aliphatic heterocycles. The van der Waals surface area contributed by atoms with Crippen LogP contribution >= 0.6 is 0 Å². The molecule has 1 aromatic heterocycles. The second-order valence-corrected chi connectivity index (χ2v) is 8.83. The van der Waals surface area contributed by atoms with Crippen LogP contribution in [0.25, 0.3) is 11.5 Å². The van der Waals surface area contributed by atoms with Crippen molar-refractivity contribution in [2.24, 2.45) is 0 Å². The summed E-state index contributed by atoms with van der Waals surface area (Å²) in [5.74, 6) is 2.62. The van der Waals surface area contributed by atoms with Gasteiger partial charge in [0, 0.05) is 31.0 Å². The summed E-state index contributed by atoms with van der Waals surface area (Å²) in [6, 6.07) is 14.2. The molecule has 1 aliphatic rings. The molecule has 0 radical (unpaired) electrons. The number of carbonyl (C=O) groups is 1. The number of aryl methyl sites for hydroxylation is 3. The maximum atomic E-state index is 13.1. The van der Waals surface area contributed by atoms with Crippen LogP contribution in [0.1, 0.15) is 49.1 Å². The summed E-state index contributed by atoms with van der Waals surface area (Å²) >= 11 is 0. The molecular weight excluding hydrogens is 430 g/mol. The molecule has 0 saturated carbocycles. The van der Waals surface area contributed by atoms with Gasteiger partial charge in [-0.1, -0.05) is 23.8 Å². The summed E-state index contributed by atoms with van der Waals surface area (Å²) in [5, 5.41) is 8.30. The van der Waals surface area contributed by atoms with Crippen LogP contribution in [0.5, 0.6) is 11.5 Å². The molecule has 1 unspecified atom stereocenters. The Labute approximate surface area is 201 Å². The van der Waals surface area contributed by atoms with Crippen molar-refractivity contribution in [3.05, 3.63) is 59.5 Å². The minimum Gasteiger partial charge on any atom is -0.493 e. The molecule has 34 heavy (non-hydrogen) atoms. The molecule has 1 atom stereocenters. The molecule has 1 saturated heterocycles. The second-order valence-electron chi connectivity index (χ2n) is 8.83. The number of aromatic nitrogens is 2. The Kier molecular flexibility index (Phi) is 7.83. The fourth-order valence-electron chi connectivity index (χ4n) is 4.52. The Morgan fingerprint density at radius 1 is 1.03 bits per heavy atom. The molecule has 0 bridgehead atoms. The summed E-state index contributed by atoms with van der Waals surface area (Å²) in [6.07, 6.45) is 5.90. The molecule has 1 fully saturated rings. The highest BCUT2D eigenvalue weighted by atomic mass is 16.5. The number of nitrogens with zero attached hydrogens (tertiary/aromatic N) is 3. The van der Waals surface area contributed by atoms with Crippen LogP contribution in [0.2, 0.25) is 0 Å². The summed E-state index contributed by atoms with van der Waals surface area (Å²) in [7, 11) is 3.29. The van der Waals surface area contributed by atoms with Gasteiger partial charge in [-0.05, 0) is 68.9 Å². The van der Waals surface area contributed by atoms with Crippen molar-refractivity contribution in [1.82, 2.24) is 15.1 Å². The zero-order valence-electron chi connectivity index (χ0n) is 20.3. The van der Waals surface area contributed by atoms with Crippen LogP contribution in [0.15, 0.2) is 46.9 Å². The van der Waals surface area contributed by atoms with E-state index in [9.17, 15) is 4.79 Å². The minimum absolute atomic E-state index is 0.159. The molecule has 0 spiro atoms. The average molecular weight is 464 g/mol. The Morgan fingerprint density at radius 3 is 2.59 bits per heavy atom. The molecular formula is C27H33N3O4. The van der Waals surface area contributed by atoms with Crippen LogP contribution in [0, 0.1) is 6.92 Å². The quantitative estimate of drug-likeness (QED) is 0.444. The van der Waals surface area contributed by atoms with Crippen molar-refractivity contribution in [3.8, 4) is 23.0 Å². The Morgan fingerprint density at radius 2 is 1.82 bits per heavy atom. The van der Waals surface area contributed by atoms with Gasteiger partial charge in [-0.2, -0.15) is 0 Å². The zero-order chi connectivity index (χ0) is 23.9. The minimum atomic E-state index is 0.159. The van der Waals surface area contributed by atoms with Crippen molar-refractivity contribution in [2.75, 3.05) is 20.8 Å². The molecule has 7 heteroatoms. The molecule has 0 N–H and O–H groups in total. The number of ether oxygens (including phenoxy) is 2. The smallest absolute Gasteiger partial charge is 0.247 e. The van der Waals surface area contributed by atoms with Crippen molar-refractivity contribution >= 4 is 5.91 Å². The first kappa shape index (κ1) is 23.8. The predicted molar refractivity (Wildman–Crippen MR) is 130 cm³/mol. The largest absolute Gasteiger partial charge is 0.493 e. The van der Waals surface area contributed by atoms with E-state index in [1.54, 1.807) is 14.2 Å². The Balaban J connectivity index is 1.33. The van der Waals surface area contributed by atoms with Crippen molar-refractivity contribution in [1.29, 1.82) is 0 Å². The lowest BCUT2D eigenvalue weighted by Crippen LogP contribution is -2.44. The van der Waals surface area contributed by atoms with E-state index in [0.29, 0.717) is 24.6 Å². The van der Waals surface area contributed by atoms with Gasteiger partial charge in [0.1, 0.15) is 0 Å². The molecule has 1 amide bonds. The van der Waals surface area contributed by atoms with E-state index in [2.05, 4.69) is 21.2 Å². The second kappa shape index (κ2) is 11.2. The van der Waals surface area contributed by atoms with Crippen LogP contribution in [-0.4, -0.2) is 47.8 Å². The van der Waals surface area contributed by atoms with Crippen molar-refractivity contribution in [3.63, 3.8) is 0 Å². The highest BCUT2D eigenvalue weighted by molar-refractivity contribution is 5.76. The fourth-order valence-corrected chi connectivity index (χ4v) is 4.52. The first-order valence-corrected chi connectivity index (χ1v) is 12.0. The van der Waals surface area contributed by atoms with Gasteiger partial charge in [0.2, 0.25) is 17.7 Å². The van der Waals surface area contributed by atoms with E-state index in [4.69, 9.17) is 13.9 Å². The average Bonchev–Trinajstić information content (AvgIpc) is 3.35. The van der Waals surface area contributed by atoms with Crippen LogP contribution in [0.3, 0.4) is 0 Å². The van der Waals surface area contributed by atoms with E-state index in [1.807, 2.05) is 43.3 Å². The van der Waals surface area contributed by atoms with Crippen LogP contribution in [0.4, 0.5) is 0 Å². The van der Waals surface area contributed by atoms with Crippen LogP contribution in [-0.2, 0) is 17.6 Å². The number of benzene rings is 2. The third-order valence-electron chi connectivity index (χ3n) is 6.48. The number of hydrogen-bond acceptors (Lipinski definition) is 6. The molecule has 180 valence electrons. The van der Waals surface area contributed by atoms with E-state index in [0.717, 1.165) is 55.7 Å². The summed E-state index contributed by atoms with van der Waals surface area (Å²) in [4.78, 5) is 15.1. The molecule has 2 heterocycles. The van der Waals surface area contributed by atoms with Gasteiger partial charge in [0.05, 0.1) is 14.2 Å². The van der Waals surface area contributed by atoms with Crippen LogP contribution < -0.4 is 9.47 Å². The van der Waals surface area contributed by atoms with Crippen molar-refractivity contribution in [2.45, 2.75) is 57.9 Å². The van der Waals surface area contributed by atoms with Gasteiger partial charge < -0.3 is 18.8 Å². The number of methoxy groups -OCH3 is 2. The van der Waals surface area contributed by atoms with E-state index in [-0.39, 0.29) is 11.9 Å². The maximum absolute atomic E-state index is 13.1. The van der Waals surface area contributed by atoms with E-state index < -0.39 is 0 Å². The van der Waals surface area contributed by atoms with Gasteiger partial charge >= 0.3 is 0 Å². The number of piperidine rings is 1. The standard InChI is InChI=1S/C27H33N3O4/c1-19-7-11-21(12-8-19)27-29-28-25(34-27)15-16-26(31)30-17-5-4-6-22(30)13-9-20-10-14-23(32-2)24(18-20)33-3/h7-8,10-12,14,18,22H,4-6,9,13,15-17H2,1-3H3. The maximum Gasteiger partial charge on any atom is 0.247 e. The van der Waals surface area contributed by atoms with Gasteiger partial charge in [-0.25, -0.2) is 0 Å². The highest BCUT2D eigenvalue weighted by Gasteiger charge is 2.26. The normalized spacial score (nSPS) is 15.9. The number of carbonyl (C=O) groups excluding carboxylic acids is 1. The number of hydrogen-bond donors (Lipinski definition) is 0. The number of rotatable bonds is 9. The number of amides is 1. The monoisotopic (exact) mass is 463 g/mol. The molecule has 3 aromatic rings. The van der Waals surface area contributed by atoms with E-state index >= 15 is 0 Å². The summed E-state index contributed by atoms with van der Waals surface area (Å²) in [6.45, 7) is 2.85. The van der Waals surface area contributed by atoms with Gasteiger partial charge in [-0.3, -0.25) is 4.79 Å². The summed E-state index contributed by atoms with van der Waals surface area (Å²) in [5.41, 5.74) is 3.25. The molecule has 7 nitrogen and oxygen atoms in total. The predicted octanol–water partition coefficient (Wildman–Crippen LogP) is 5.01. The molecule has 0 aliphatic carbocycles. The van der Waals surface area contributed by atoms with Gasteiger partial charge in [0.15, 0.2) is 11.5 Å². The summed E-state index contributed by atoms with van der Waals surface area (Å²) < 4.78 is 16.6. The zero-order valence-corrected chi connectivity index (χ0v) is 20.3. The van der Waals surface area contributed by atoms with Gasteiger partial charge in [-0.15, -0.1) is 10.2 Å². The van der Waals surface area contributed by atoms with Crippen molar-refractivity contribution < 1.29 is 18.7 Å². The topological polar surface area (TPSA) is 77.7 Å². The first-order valence-electron chi connectivity index (χ1n) is 12.0. The third-order valence-corrected chi connectivity index (χ3v) is 6.48. The lowest BCUT2D eigenvalue weighted by atomic mass is 9.95. The SMILES string of the molecule is COc1ccc(CCC2CCCCN2C(=O)CCc2nnc(-c3ccc(C)cc3)o2)cc1OC. The lowest BCUT2D eigenvalue weighted by Gasteiger charge is -2.36. The van der Waals surface area contributed by atoms with Gasteiger partial charge in [0.25, 0.3) is 0 Å².